The second-order valence-corrected chi connectivity index (χ2v) is 7.29. The molecule has 2 unspecified atom stereocenters. The Labute approximate surface area is 164 Å². The van der Waals surface area contributed by atoms with Gasteiger partial charge in [0.2, 0.25) is 0 Å². The maximum Gasteiger partial charge on any atom is 0.325 e. The van der Waals surface area contributed by atoms with Crippen molar-refractivity contribution in [2.75, 3.05) is 40.0 Å². The minimum Gasteiger partial charge on any atom is -0.497 e. The van der Waals surface area contributed by atoms with E-state index in [0.29, 0.717) is 12.2 Å². The van der Waals surface area contributed by atoms with Crippen LogP contribution < -0.4 is 4.74 Å². The lowest BCUT2D eigenvalue weighted by Crippen LogP contribution is -2.37. The Balaban J connectivity index is 1.54. The van der Waals surface area contributed by atoms with Gasteiger partial charge in [0.25, 0.3) is 0 Å². The molecule has 0 aromatic heterocycles. The van der Waals surface area contributed by atoms with Crippen LogP contribution >= 0.6 is 0 Å². The number of carbonyl (C=O) groups is 3. The summed E-state index contributed by atoms with van der Waals surface area (Å²) < 4.78 is 15.7. The molecule has 1 aromatic carbocycles. The van der Waals surface area contributed by atoms with E-state index >= 15 is 0 Å². The number of aryl methyl sites for hydroxylation is 1. The summed E-state index contributed by atoms with van der Waals surface area (Å²) in [5.74, 6) is -2.11. The maximum atomic E-state index is 12.6. The number of carbonyl (C=O) groups excluding carboxylic acids is 3. The SMILES string of the molecule is COc1ccc(CC(=O)C2C(=O)OC(CCCN3CCOCC3)C2=O)c(C)c1. The van der Waals surface area contributed by atoms with E-state index in [9.17, 15) is 14.4 Å². The topological polar surface area (TPSA) is 82.1 Å². The number of cyclic esters (lactones) is 1. The van der Waals surface area contributed by atoms with Crippen molar-refractivity contribution in [1.82, 2.24) is 4.90 Å². The number of ether oxygens (including phenoxy) is 3. The Bertz CT molecular complexity index is 740. The summed E-state index contributed by atoms with van der Waals surface area (Å²) in [5, 5.41) is 0. The second kappa shape index (κ2) is 9.30. The summed E-state index contributed by atoms with van der Waals surface area (Å²) in [5.41, 5.74) is 1.66. The Morgan fingerprint density at radius 2 is 2.00 bits per heavy atom. The molecule has 2 atom stereocenters. The van der Waals surface area contributed by atoms with Crippen molar-refractivity contribution in [3.63, 3.8) is 0 Å². The van der Waals surface area contributed by atoms with Crippen LogP contribution in [0.1, 0.15) is 24.0 Å². The normalized spacial score (nSPS) is 22.9. The summed E-state index contributed by atoms with van der Waals surface area (Å²) in [7, 11) is 1.58. The number of hydrogen-bond donors (Lipinski definition) is 0. The van der Waals surface area contributed by atoms with Crippen molar-refractivity contribution in [3.05, 3.63) is 29.3 Å². The van der Waals surface area contributed by atoms with Crippen LogP contribution in [0, 0.1) is 12.8 Å². The Morgan fingerprint density at radius 3 is 2.68 bits per heavy atom. The molecule has 0 aliphatic carbocycles. The fourth-order valence-electron chi connectivity index (χ4n) is 3.67. The van der Waals surface area contributed by atoms with Crippen molar-refractivity contribution < 1.29 is 28.6 Å². The largest absolute Gasteiger partial charge is 0.497 e. The van der Waals surface area contributed by atoms with E-state index in [2.05, 4.69) is 4.90 Å². The fraction of sp³-hybridized carbons (Fsp3) is 0.571. The number of morpholine rings is 1. The van der Waals surface area contributed by atoms with Gasteiger partial charge < -0.3 is 14.2 Å². The van der Waals surface area contributed by atoms with Crippen molar-refractivity contribution >= 4 is 17.5 Å². The smallest absolute Gasteiger partial charge is 0.325 e. The zero-order valence-corrected chi connectivity index (χ0v) is 16.4. The molecule has 3 rings (SSSR count). The molecule has 0 bridgehead atoms. The van der Waals surface area contributed by atoms with Crippen LogP contribution in [0.25, 0.3) is 0 Å². The molecule has 0 amide bonds. The van der Waals surface area contributed by atoms with Crippen LogP contribution in [0.4, 0.5) is 0 Å². The lowest BCUT2D eigenvalue weighted by Gasteiger charge is -2.26. The van der Waals surface area contributed by atoms with Gasteiger partial charge in [-0.15, -0.1) is 0 Å². The highest BCUT2D eigenvalue weighted by atomic mass is 16.6. The Kier molecular flexibility index (Phi) is 6.80. The zero-order valence-electron chi connectivity index (χ0n) is 16.4. The molecule has 0 radical (unpaired) electrons. The highest BCUT2D eigenvalue weighted by Crippen LogP contribution is 2.25. The van der Waals surface area contributed by atoms with Gasteiger partial charge in [-0.1, -0.05) is 6.07 Å². The van der Waals surface area contributed by atoms with Gasteiger partial charge >= 0.3 is 5.97 Å². The number of esters is 1. The fourth-order valence-corrected chi connectivity index (χ4v) is 3.67. The average Bonchev–Trinajstić information content (AvgIpc) is 2.97. The molecule has 2 fully saturated rings. The number of rotatable bonds is 8. The molecule has 2 heterocycles. The Morgan fingerprint density at radius 1 is 1.25 bits per heavy atom. The third-order valence-electron chi connectivity index (χ3n) is 5.38. The third-order valence-corrected chi connectivity index (χ3v) is 5.38. The van der Waals surface area contributed by atoms with Gasteiger partial charge in [-0.3, -0.25) is 19.3 Å². The van der Waals surface area contributed by atoms with Crippen LogP contribution in [0.5, 0.6) is 5.75 Å². The lowest BCUT2D eigenvalue weighted by atomic mass is 9.91. The van der Waals surface area contributed by atoms with Crippen molar-refractivity contribution in [3.8, 4) is 5.75 Å². The highest BCUT2D eigenvalue weighted by Gasteiger charge is 2.47. The van der Waals surface area contributed by atoms with E-state index in [0.717, 1.165) is 50.4 Å². The molecule has 0 spiro atoms. The van der Waals surface area contributed by atoms with Crippen LogP contribution in [-0.2, 0) is 30.3 Å². The molecule has 7 heteroatoms. The summed E-state index contributed by atoms with van der Waals surface area (Å²) >= 11 is 0. The molecule has 7 nitrogen and oxygen atoms in total. The quantitative estimate of drug-likeness (QED) is 0.490. The number of ketones is 2. The number of Topliss-reactive ketones (excluding diaryl/α,β-unsaturated/α-hetero) is 2. The van der Waals surface area contributed by atoms with Gasteiger partial charge in [-0.05, 0) is 49.6 Å². The van der Waals surface area contributed by atoms with E-state index in [1.165, 1.54) is 0 Å². The number of hydrogen-bond acceptors (Lipinski definition) is 7. The molecular formula is C21H27NO6. The number of methoxy groups -OCH3 is 1. The summed E-state index contributed by atoms with van der Waals surface area (Å²) in [4.78, 5) is 39.7. The standard InChI is InChI=1S/C21H27NO6/c1-14-12-16(26-2)6-5-15(14)13-17(23)19-20(24)18(28-21(19)25)4-3-7-22-8-10-27-11-9-22/h5-6,12,18-19H,3-4,7-11,13H2,1-2H3. The third kappa shape index (κ3) is 4.77. The van der Waals surface area contributed by atoms with Gasteiger partial charge in [0.15, 0.2) is 23.6 Å². The molecule has 2 aliphatic heterocycles. The predicted octanol–water partition coefficient (Wildman–Crippen LogP) is 1.34. The summed E-state index contributed by atoms with van der Waals surface area (Å²) in [6.07, 6.45) is 0.413. The summed E-state index contributed by atoms with van der Waals surface area (Å²) in [6, 6.07) is 5.38. The van der Waals surface area contributed by atoms with E-state index in [4.69, 9.17) is 14.2 Å². The van der Waals surface area contributed by atoms with Crippen LogP contribution in [0.15, 0.2) is 18.2 Å². The first-order chi connectivity index (χ1) is 13.5. The maximum absolute atomic E-state index is 12.6. The number of nitrogens with zero attached hydrogens (tertiary/aromatic N) is 1. The Hall–Kier alpha value is -2.25. The first kappa shape index (κ1) is 20.5. The summed E-state index contributed by atoms with van der Waals surface area (Å²) in [6.45, 7) is 5.89. The predicted molar refractivity (Wildman–Crippen MR) is 101 cm³/mol. The van der Waals surface area contributed by atoms with Gasteiger partial charge in [0, 0.05) is 19.5 Å². The van der Waals surface area contributed by atoms with E-state index < -0.39 is 29.6 Å². The minimum atomic E-state index is -1.30. The minimum absolute atomic E-state index is 0.0296. The molecule has 0 saturated carbocycles. The van der Waals surface area contributed by atoms with Gasteiger partial charge in [-0.25, -0.2) is 0 Å². The number of benzene rings is 1. The lowest BCUT2D eigenvalue weighted by molar-refractivity contribution is -0.146. The van der Waals surface area contributed by atoms with Gasteiger partial charge in [0.1, 0.15) is 5.75 Å². The molecular weight excluding hydrogens is 362 g/mol. The zero-order chi connectivity index (χ0) is 20.1. The molecule has 152 valence electrons. The van der Waals surface area contributed by atoms with Crippen LogP contribution in [0.3, 0.4) is 0 Å². The van der Waals surface area contributed by atoms with Crippen LogP contribution in [0.2, 0.25) is 0 Å². The first-order valence-electron chi connectivity index (χ1n) is 9.70. The van der Waals surface area contributed by atoms with E-state index in [-0.39, 0.29) is 6.42 Å². The molecule has 2 saturated heterocycles. The van der Waals surface area contributed by atoms with E-state index in [1.54, 1.807) is 19.2 Å². The van der Waals surface area contributed by atoms with Gasteiger partial charge in [-0.2, -0.15) is 0 Å². The van der Waals surface area contributed by atoms with Crippen molar-refractivity contribution in [2.24, 2.45) is 5.92 Å². The van der Waals surface area contributed by atoms with Gasteiger partial charge in [0.05, 0.1) is 20.3 Å². The van der Waals surface area contributed by atoms with Crippen molar-refractivity contribution in [1.29, 1.82) is 0 Å². The van der Waals surface area contributed by atoms with E-state index in [1.807, 2.05) is 13.0 Å². The second-order valence-electron chi connectivity index (χ2n) is 7.29. The first-order valence-corrected chi connectivity index (χ1v) is 9.70. The molecule has 2 aliphatic rings. The molecule has 28 heavy (non-hydrogen) atoms. The monoisotopic (exact) mass is 389 g/mol. The van der Waals surface area contributed by atoms with Crippen molar-refractivity contribution in [2.45, 2.75) is 32.3 Å². The van der Waals surface area contributed by atoms with Crippen LogP contribution in [-0.4, -0.2) is 68.5 Å². The molecule has 0 N–H and O–H groups in total. The highest BCUT2D eigenvalue weighted by molar-refractivity contribution is 6.22. The average molecular weight is 389 g/mol. The molecule has 1 aromatic rings.